The normalized spacial score (nSPS) is 16.9. The average molecular weight is 341 g/mol. The number of nitrogens with zero attached hydrogens (tertiary/aromatic N) is 4. The average Bonchev–Trinajstić information content (AvgIpc) is 3.10. The predicted molar refractivity (Wildman–Crippen MR) is 95.3 cm³/mol. The zero-order chi connectivity index (χ0) is 17.8. The summed E-state index contributed by atoms with van der Waals surface area (Å²) >= 11 is 0. The molecular weight excluding hydrogens is 318 g/mol. The molecule has 0 bridgehead atoms. The number of anilines is 1. The molecule has 0 radical (unpaired) electrons. The number of aromatic nitrogens is 3. The summed E-state index contributed by atoms with van der Waals surface area (Å²) in [5.74, 6) is 1.51. The number of nitrogens with one attached hydrogen (secondary N) is 1. The zero-order valence-electron chi connectivity index (χ0n) is 14.6. The molecule has 1 atom stereocenters. The quantitative estimate of drug-likeness (QED) is 0.896. The van der Waals surface area contributed by atoms with Crippen molar-refractivity contribution in [2.45, 2.75) is 38.8 Å². The van der Waals surface area contributed by atoms with Gasteiger partial charge in [0.1, 0.15) is 11.6 Å². The number of amides is 1. The van der Waals surface area contributed by atoms with Crippen LogP contribution in [0.2, 0.25) is 0 Å². The second-order valence-electron chi connectivity index (χ2n) is 6.20. The Morgan fingerprint density at radius 2 is 2.20 bits per heavy atom. The van der Waals surface area contributed by atoms with E-state index in [1.54, 1.807) is 22.9 Å². The van der Waals surface area contributed by atoms with Gasteiger partial charge < -0.3 is 14.8 Å². The molecule has 7 nitrogen and oxygen atoms in total. The number of aryl methyl sites for hydroxylation is 2. The number of carbonyl (C=O) groups excluding carboxylic acids is 1. The number of hydrogen-bond acceptors (Lipinski definition) is 5. The van der Waals surface area contributed by atoms with E-state index in [0.717, 1.165) is 30.9 Å². The summed E-state index contributed by atoms with van der Waals surface area (Å²) in [6, 6.07) is 6.90. The van der Waals surface area contributed by atoms with Gasteiger partial charge >= 0.3 is 0 Å². The van der Waals surface area contributed by atoms with Crippen molar-refractivity contribution in [1.82, 2.24) is 19.4 Å². The highest BCUT2D eigenvalue weighted by Crippen LogP contribution is 2.32. The van der Waals surface area contributed by atoms with Gasteiger partial charge in [0.05, 0.1) is 11.7 Å². The van der Waals surface area contributed by atoms with Crippen molar-refractivity contribution in [2.24, 2.45) is 0 Å². The lowest BCUT2D eigenvalue weighted by atomic mass is 10.1. The lowest BCUT2D eigenvalue weighted by Gasteiger charge is -2.25. The van der Waals surface area contributed by atoms with E-state index >= 15 is 0 Å². The SMILES string of the molecule is CNc1cc([C@H]2CCCN2C(=O)CCn2ccccc2=O)nc(C)n1. The van der Waals surface area contributed by atoms with Crippen LogP contribution in [0.4, 0.5) is 5.82 Å². The van der Waals surface area contributed by atoms with Crippen LogP contribution in [0, 0.1) is 6.92 Å². The van der Waals surface area contributed by atoms with Crippen molar-refractivity contribution in [3.05, 3.63) is 52.3 Å². The standard InChI is InChI=1S/C18H23N5O2/c1-13-20-14(12-16(19-2)21-13)15-6-5-10-23(15)18(25)8-11-22-9-4-3-7-17(22)24/h3-4,7,9,12,15H,5-6,8,10-11H2,1-2H3,(H,19,20,21)/t15-/m1/s1. The summed E-state index contributed by atoms with van der Waals surface area (Å²) in [6.45, 7) is 2.98. The van der Waals surface area contributed by atoms with E-state index in [4.69, 9.17) is 0 Å². The molecule has 2 aromatic rings. The Morgan fingerprint density at radius 3 is 2.96 bits per heavy atom. The van der Waals surface area contributed by atoms with Gasteiger partial charge in [0, 0.05) is 44.9 Å². The Kier molecular flexibility index (Phi) is 5.11. The Labute approximate surface area is 146 Å². The second kappa shape index (κ2) is 7.46. The van der Waals surface area contributed by atoms with Crippen molar-refractivity contribution in [1.29, 1.82) is 0 Å². The first-order chi connectivity index (χ1) is 12.1. The number of rotatable bonds is 5. The van der Waals surface area contributed by atoms with Crippen molar-refractivity contribution < 1.29 is 4.79 Å². The molecule has 1 aliphatic heterocycles. The van der Waals surface area contributed by atoms with Gasteiger partial charge in [-0.05, 0) is 25.8 Å². The maximum Gasteiger partial charge on any atom is 0.250 e. The van der Waals surface area contributed by atoms with Crippen molar-refractivity contribution >= 4 is 11.7 Å². The highest BCUT2D eigenvalue weighted by molar-refractivity contribution is 5.77. The largest absolute Gasteiger partial charge is 0.373 e. The molecule has 0 spiro atoms. The molecule has 25 heavy (non-hydrogen) atoms. The first-order valence-electron chi connectivity index (χ1n) is 8.57. The molecule has 1 saturated heterocycles. The summed E-state index contributed by atoms with van der Waals surface area (Å²) in [5.41, 5.74) is 0.790. The minimum Gasteiger partial charge on any atom is -0.373 e. The molecule has 1 amide bonds. The number of hydrogen-bond donors (Lipinski definition) is 1. The van der Waals surface area contributed by atoms with E-state index in [1.165, 1.54) is 6.07 Å². The summed E-state index contributed by atoms with van der Waals surface area (Å²) < 4.78 is 1.57. The number of pyridine rings is 1. The molecule has 3 heterocycles. The smallest absolute Gasteiger partial charge is 0.250 e. The van der Waals surface area contributed by atoms with Gasteiger partial charge in [-0.3, -0.25) is 9.59 Å². The Hall–Kier alpha value is -2.70. The van der Waals surface area contributed by atoms with E-state index in [2.05, 4.69) is 15.3 Å². The summed E-state index contributed by atoms with van der Waals surface area (Å²) in [7, 11) is 1.82. The van der Waals surface area contributed by atoms with Crippen LogP contribution in [-0.4, -0.2) is 38.9 Å². The summed E-state index contributed by atoms with van der Waals surface area (Å²) in [5, 5.41) is 3.04. The molecule has 1 aliphatic rings. The zero-order valence-corrected chi connectivity index (χ0v) is 14.6. The number of carbonyl (C=O) groups is 1. The maximum absolute atomic E-state index is 12.7. The van der Waals surface area contributed by atoms with Gasteiger partial charge in [-0.15, -0.1) is 0 Å². The second-order valence-corrected chi connectivity index (χ2v) is 6.20. The van der Waals surface area contributed by atoms with E-state index in [1.807, 2.05) is 24.9 Å². The fourth-order valence-corrected chi connectivity index (χ4v) is 3.27. The molecule has 0 saturated carbocycles. The lowest BCUT2D eigenvalue weighted by Crippen LogP contribution is -2.32. The van der Waals surface area contributed by atoms with Gasteiger partial charge in [0.15, 0.2) is 0 Å². The minimum atomic E-state index is -0.0849. The molecule has 1 N–H and O–H groups in total. The molecule has 7 heteroatoms. The van der Waals surface area contributed by atoms with E-state index in [0.29, 0.717) is 18.8 Å². The monoisotopic (exact) mass is 341 g/mol. The highest BCUT2D eigenvalue weighted by Gasteiger charge is 2.31. The molecule has 132 valence electrons. The van der Waals surface area contributed by atoms with Crippen LogP contribution in [0.25, 0.3) is 0 Å². The lowest BCUT2D eigenvalue weighted by molar-refractivity contribution is -0.132. The van der Waals surface area contributed by atoms with Gasteiger partial charge in [0.2, 0.25) is 5.91 Å². The van der Waals surface area contributed by atoms with Crippen molar-refractivity contribution in [3.8, 4) is 0 Å². The Morgan fingerprint density at radius 1 is 1.36 bits per heavy atom. The van der Waals surface area contributed by atoms with Crippen LogP contribution >= 0.6 is 0 Å². The third kappa shape index (κ3) is 3.87. The molecule has 0 aromatic carbocycles. The first kappa shape index (κ1) is 17.1. The maximum atomic E-state index is 12.7. The fourth-order valence-electron chi connectivity index (χ4n) is 3.27. The molecule has 1 fully saturated rings. The minimum absolute atomic E-state index is 0.0196. The van der Waals surface area contributed by atoms with Gasteiger partial charge in [0.25, 0.3) is 5.56 Å². The molecular formula is C18H23N5O2. The predicted octanol–water partition coefficient (Wildman–Crippen LogP) is 1.74. The molecule has 0 unspecified atom stereocenters. The van der Waals surface area contributed by atoms with Gasteiger partial charge in [-0.1, -0.05) is 6.07 Å². The van der Waals surface area contributed by atoms with Gasteiger partial charge in [-0.2, -0.15) is 0 Å². The molecule has 2 aromatic heterocycles. The third-order valence-electron chi connectivity index (χ3n) is 4.49. The Balaban J connectivity index is 1.73. The molecule has 3 rings (SSSR count). The fraction of sp³-hybridized carbons (Fsp3) is 0.444. The van der Waals surface area contributed by atoms with Crippen LogP contribution in [0.1, 0.15) is 36.8 Å². The topological polar surface area (TPSA) is 80.1 Å². The summed E-state index contributed by atoms with van der Waals surface area (Å²) in [6.07, 6.45) is 3.88. The van der Waals surface area contributed by atoms with Crippen LogP contribution in [-0.2, 0) is 11.3 Å². The number of likely N-dealkylation sites (tertiary alicyclic amines) is 1. The van der Waals surface area contributed by atoms with Crippen LogP contribution in [0.5, 0.6) is 0 Å². The molecule has 0 aliphatic carbocycles. The highest BCUT2D eigenvalue weighted by atomic mass is 16.2. The first-order valence-corrected chi connectivity index (χ1v) is 8.57. The van der Waals surface area contributed by atoms with Gasteiger partial charge in [-0.25, -0.2) is 9.97 Å². The third-order valence-corrected chi connectivity index (χ3v) is 4.49. The van der Waals surface area contributed by atoms with Crippen LogP contribution in [0.3, 0.4) is 0 Å². The van der Waals surface area contributed by atoms with Crippen LogP contribution in [0.15, 0.2) is 35.3 Å². The Bertz CT molecular complexity index is 817. The summed E-state index contributed by atoms with van der Waals surface area (Å²) in [4.78, 5) is 35.2. The van der Waals surface area contributed by atoms with Crippen molar-refractivity contribution in [3.63, 3.8) is 0 Å². The van der Waals surface area contributed by atoms with E-state index in [9.17, 15) is 9.59 Å². The van der Waals surface area contributed by atoms with E-state index in [-0.39, 0.29) is 17.5 Å². The van der Waals surface area contributed by atoms with Crippen molar-refractivity contribution in [2.75, 3.05) is 18.9 Å². The van der Waals surface area contributed by atoms with Crippen LogP contribution < -0.4 is 10.9 Å². The van der Waals surface area contributed by atoms with E-state index < -0.39 is 0 Å².